The van der Waals surface area contributed by atoms with E-state index >= 15 is 0 Å². The van der Waals surface area contributed by atoms with Crippen LogP contribution in [0, 0.1) is 0 Å². The molecule has 98 valence electrons. The van der Waals surface area contributed by atoms with Crippen molar-refractivity contribution in [3.8, 4) is 11.5 Å². The third-order valence-electron chi connectivity index (χ3n) is 2.64. The van der Waals surface area contributed by atoms with Crippen LogP contribution in [0.3, 0.4) is 0 Å². The number of esters is 1. The summed E-state index contributed by atoms with van der Waals surface area (Å²) in [5.74, 6) is -0.478. The maximum absolute atomic E-state index is 12.0. The number of carbonyl (C=O) groups excluding carboxylic acids is 1. The lowest BCUT2D eigenvalue weighted by Gasteiger charge is -2.10. The Morgan fingerprint density at radius 2 is 1.84 bits per heavy atom. The van der Waals surface area contributed by atoms with E-state index in [4.69, 9.17) is 9.47 Å². The second-order valence-electron chi connectivity index (χ2n) is 3.92. The molecule has 0 amide bonds. The molecule has 0 saturated carbocycles. The number of benzene rings is 2. The summed E-state index contributed by atoms with van der Waals surface area (Å²) < 4.78 is 10.2. The number of ether oxygens (including phenoxy) is 2. The Morgan fingerprint density at radius 3 is 2.53 bits per heavy atom. The highest BCUT2D eigenvalue weighted by Gasteiger charge is 2.18. The Kier molecular flexibility index (Phi) is 4.03. The van der Waals surface area contributed by atoms with Gasteiger partial charge in [0, 0.05) is 0 Å². The number of carbonyl (C=O) groups is 1. The van der Waals surface area contributed by atoms with E-state index in [1.165, 1.54) is 13.2 Å². The average Bonchev–Trinajstić information content (AvgIpc) is 2.45. The first-order valence-corrected chi connectivity index (χ1v) is 5.79. The van der Waals surface area contributed by atoms with Gasteiger partial charge in [-0.25, -0.2) is 4.79 Å². The summed E-state index contributed by atoms with van der Waals surface area (Å²) in [6, 6.07) is 13.9. The van der Waals surface area contributed by atoms with Crippen molar-refractivity contribution in [3.63, 3.8) is 0 Å². The molecule has 1 N–H and O–H groups in total. The van der Waals surface area contributed by atoms with Crippen LogP contribution in [-0.4, -0.2) is 18.2 Å². The summed E-state index contributed by atoms with van der Waals surface area (Å²) in [5, 5.41) is 9.71. The van der Waals surface area contributed by atoms with Crippen LogP contribution in [-0.2, 0) is 11.3 Å². The van der Waals surface area contributed by atoms with Gasteiger partial charge in [0.2, 0.25) is 0 Å². The van der Waals surface area contributed by atoms with Crippen LogP contribution in [0.2, 0.25) is 0 Å². The van der Waals surface area contributed by atoms with Crippen LogP contribution in [0.4, 0.5) is 0 Å². The zero-order valence-electron chi connectivity index (χ0n) is 10.5. The number of aromatic hydroxyl groups is 1. The predicted molar refractivity (Wildman–Crippen MR) is 70.2 cm³/mol. The normalized spacial score (nSPS) is 9.95. The molecule has 0 spiro atoms. The molecular weight excluding hydrogens is 244 g/mol. The molecular formula is C15H14O4. The van der Waals surface area contributed by atoms with Crippen molar-refractivity contribution in [2.75, 3.05) is 7.11 Å². The van der Waals surface area contributed by atoms with Gasteiger partial charge in [-0.3, -0.25) is 0 Å². The van der Waals surface area contributed by atoms with E-state index in [9.17, 15) is 9.90 Å². The fourth-order valence-corrected chi connectivity index (χ4v) is 1.69. The summed E-state index contributed by atoms with van der Waals surface area (Å²) in [4.78, 5) is 12.0. The van der Waals surface area contributed by atoms with Gasteiger partial charge in [-0.15, -0.1) is 0 Å². The number of rotatable bonds is 4. The lowest BCUT2D eigenvalue weighted by atomic mass is 10.2. The molecule has 2 aromatic carbocycles. The van der Waals surface area contributed by atoms with Crippen molar-refractivity contribution < 1.29 is 19.4 Å². The maximum atomic E-state index is 12.0. The van der Waals surface area contributed by atoms with Crippen molar-refractivity contribution >= 4 is 5.97 Å². The standard InChI is InChI=1S/C15H14O4/c1-18-13-9-5-8-12(16)14(13)15(17)19-10-11-6-3-2-4-7-11/h2-9,16H,10H2,1H3. The molecule has 0 unspecified atom stereocenters. The topological polar surface area (TPSA) is 55.8 Å². The van der Waals surface area contributed by atoms with Gasteiger partial charge in [-0.1, -0.05) is 36.4 Å². The molecule has 0 aliphatic carbocycles. The molecule has 0 heterocycles. The maximum Gasteiger partial charge on any atom is 0.346 e. The predicted octanol–water partition coefficient (Wildman–Crippen LogP) is 2.76. The molecule has 0 atom stereocenters. The quantitative estimate of drug-likeness (QED) is 0.857. The molecule has 0 aliphatic heterocycles. The van der Waals surface area contributed by atoms with Gasteiger partial charge < -0.3 is 14.6 Å². The minimum Gasteiger partial charge on any atom is -0.507 e. The highest BCUT2D eigenvalue weighted by atomic mass is 16.5. The van der Waals surface area contributed by atoms with E-state index in [2.05, 4.69) is 0 Å². The number of phenols is 1. The van der Waals surface area contributed by atoms with E-state index in [0.29, 0.717) is 0 Å². The van der Waals surface area contributed by atoms with Crippen LogP contribution in [0.1, 0.15) is 15.9 Å². The number of methoxy groups -OCH3 is 1. The van der Waals surface area contributed by atoms with Gasteiger partial charge >= 0.3 is 5.97 Å². The van der Waals surface area contributed by atoms with Crippen molar-refractivity contribution in [2.45, 2.75) is 6.61 Å². The average molecular weight is 258 g/mol. The van der Waals surface area contributed by atoms with Crippen molar-refractivity contribution in [1.82, 2.24) is 0 Å². The van der Waals surface area contributed by atoms with Crippen LogP contribution < -0.4 is 4.74 Å². The van der Waals surface area contributed by atoms with Gasteiger partial charge in [0.25, 0.3) is 0 Å². The molecule has 2 aromatic rings. The van der Waals surface area contributed by atoms with Gasteiger partial charge in [-0.2, -0.15) is 0 Å². The van der Waals surface area contributed by atoms with E-state index in [-0.39, 0.29) is 23.7 Å². The first-order chi connectivity index (χ1) is 9.22. The molecule has 0 aromatic heterocycles. The minimum atomic E-state index is -0.612. The summed E-state index contributed by atoms with van der Waals surface area (Å²) in [6.45, 7) is 0.150. The highest BCUT2D eigenvalue weighted by molar-refractivity contribution is 5.95. The lowest BCUT2D eigenvalue weighted by Crippen LogP contribution is -2.07. The molecule has 0 fully saturated rings. The largest absolute Gasteiger partial charge is 0.507 e. The van der Waals surface area contributed by atoms with Crippen LogP contribution in [0.5, 0.6) is 11.5 Å². The summed E-state index contributed by atoms with van der Waals surface area (Å²) in [7, 11) is 1.43. The Hall–Kier alpha value is -2.49. The SMILES string of the molecule is COc1cccc(O)c1C(=O)OCc1ccccc1. The van der Waals surface area contributed by atoms with Crippen LogP contribution in [0.25, 0.3) is 0 Å². The van der Waals surface area contributed by atoms with E-state index in [1.807, 2.05) is 30.3 Å². The Balaban J connectivity index is 2.12. The van der Waals surface area contributed by atoms with Crippen molar-refractivity contribution in [3.05, 3.63) is 59.7 Å². The zero-order valence-corrected chi connectivity index (χ0v) is 10.5. The third-order valence-corrected chi connectivity index (χ3v) is 2.64. The molecule has 4 nitrogen and oxygen atoms in total. The summed E-state index contributed by atoms with van der Waals surface area (Å²) in [6.07, 6.45) is 0. The molecule has 4 heteroatoms. The minimum absolute atomic E-state index is 0.0425. The second kappa shape index (κ2) is 5.91. The van der Waals surface area contributed by atoms with E-state index in [1.54, 1.807) is 12.1 Å². The number of hydrogen-bond donors (Lipinski definition) is 1. The second-order valence-corrected chi connectivity index (χ2v) is 3.92. The lowest BCUT2D eigenvalue weighted by molar-refractivity contribution is 0.0465. The first kappa shape index (κ1) is 13.0. The van der Waals surface area contributed by atoms with Crippen LogP contribution in [0.15, 0.2) is 48.5 Å². The molecule has 19 heavy (non-hydrogen) atoms. The highest BCUT2D eigenvalue weighted by Crippen LogP contribution is 2.28. The molecule has 0 saturated heterocycles. The summed E-state index contributed by atoms with van der Waals surface area (Å²) >= 11 is 0. The van der Waals surface area contributed by atoms with Crippen molar-refractivity contribution in [1.29, 1.82) is 0 Å². The third kappa shape index (κ3) is 3.04. The van der Waals surface area contributed by atoms with E-state index in [0.717, 1.165) is 5.56 Å². The monoisotopic (exact) mass is 258 g/mol. The Bertz CT molecular complexity index is 564. The fraction of sp³-hybridized carbons (Fsp3) is 0.133. The number of hydrogen-bond acceptors (Lipinski definition) is 4. The molecule has 0 radical (unpaired) electrons. The molecule has 2 rings (SSSR count). The zero-order chi connectivity index (χ0) is 13.7. The number of phenolic OH excluding ortho intramolecular Hbond substituents is 1. The Labute approximate surface area is 111 Å². The van der Waals surface area contributed by atoms with Gasteiger partial charge in [-0.05, 0) is 17.7 Å². The van der Waals surface area contributed by atoms with Gasteiger partial charge in [0.1, 0.15) is 23.7 Å². The van der Waals surface area contributed by atoms with Gasteiger partial charge in [0.05, 0.1) is 7.11 Å². The molecule has 0 aliphatic rings. The smallest absolute Gasteiger partial charge is 0.346 e. The van der Waals surface area contributed by atoms with E-state index < -0.39 is 5.97 Å². The molecule has 0 bridgehead atoms. The van der Waals surface area contributed by atoms with Crippen LogP contribution >= 0.6 is 0 Å². The summed E-state index contributed by atoms with van der Waals surface area (Å²) in [5.41, 5.74) is 0.922. The van der Waals surface area contributed by atoms with Crippen molar-refractivity contribution in [2.24, 2.45) is 0 Å². The fourth-order valence-electron chi connectivity index (χ4n) is 1.69. The Morgan fingerprint density at radius 1 is 1.11 bits per heavy atom. The van der Waals surface area contributed by atoms with Gasteiger partial charge in [0.15, 0.2) is 0 Å². The first-order valence-electron chi connectivity index (χ1n) is 5.79.